The molecule has 1 aromatic rings. The summed E-state index contributed by atoms with van der Waals surface area (Å²) in [6.07, 6.45) is 9.73. The fraction of sp³-hybridized carbons (Fsp3) is 0.235. The normalized spacial score (nSPS) is 18.1. The summed E-state index contributed by atoms with van der Waals surface area (Å²) in [5.41, 5.74) is 6.68. The van der Waals surface area contributed by atoms with E-state index in [0.29, 0.717) is 12.2 Å². The van der Waals surface area contributed by atoms with Crippen molar-refractivity contribution in [2.45, 2.75) is 13.3 Å². The largest absolute Gasteiger partial charge is 0.454 e. The molecule has 0 saturated carbocycles. The average Bonchev–Trinajstić information content (AvgIpc) is 2.78. The fourth-order valence-corrected chi connectivity index (χ4v) is 2.59. The molecule has 22 heavy (non-hydrogen) atoms. The van der Waals surface area contributed by atoms with Crippen molar-refractivity contribution in [2.24, 2.45) is 11.1 Å². The molecule has 5 heteroatoms. The first kappa shape index (κ1) is 14.3. The minimum atomic E-state index is -0.816. The Kier molecular flexibility index (Phi) is 3.63. The zero-order valence-electron chi connectivity index (χ0n) is 12.3. The van der Waals surface area contributed by atoms with Gasteiger partial charge >= 0.3 is 0 Å². The number of ether oxygens (including phenoxy) is 2. The van der Waals surface area contributed by atoms with E-state index >= 15 is 0 Å². The molecule has 1 amide bonds. The van der Waals surface area contributed by atoms with E-state index in [0.717, 1.165) is 16.9 Å². The first-order valence-electron chi connectivity index (χ1n) is 7.08. The van der Waals surface area contributed by atoms with E-state index in [2.05, 4.69) is 5.32 Å². The van der Waals surface area contributed by atoms with Gasteiger partial charge in [-0.25, -0.2) is 0 Å². The van der Waals surface area contributed by atoms with Crippen LogP contribution in [0.2, 0.25) is 0 Å². The molecule has 1 unspecified atom stereocenters. The molecule has 3 rings (SSSR count). The van der Waals surface area contributed by atoms with Crippen molar-refractivity contribution in [3.63, 3.8) is 0 Å². The van der Waals surface area contributed by atoms with Crippen molar-refractivity contribution in [3.05, 3.63) is 60.0 Å². The maximum absolute atomic E-state index is 12.1. The van der Waals surface area contributed by atoms with E-state index in [-0.39, 0.29) is 12.7 Å². The quantitative estimate of drug-likeness (QED) is 0.891. The highest BCUT2D eigenvalue weighted by molar-refractivity contribution is 5.85. The van der Waals surface area contributed by atoms with Crippen LogP contribution in [-0.4, -0.2) is 12.7 Å². The maximum Gasteiger partial charge on any atom is 0.231 e. The summed E-state index contributed by atoms with van der Waals surface area (Å²) < 4.78 is 10.7. The Labute approximate surface area is 129 Å². The summed E-state index contributed by atoms with van der Waals surface area (Å²) in [6.45, 7) is 2.08. The predicted octanol–water partition coefficient (Wildman–Crippen LogP) is 2.01. The second-order valence-corrected chi connectivity index (χ2v) is 5.55. The lowest BCUT2D eigenvalue weighted by molar-refractivity contribution is -0.124. The van der Waals surface area contributed by atoms with Crippen molar-refractivity contribution >= 4 is 5.91 Å². The highest BCUT2D eigenvalue weighted by Crippen LogP contribution is 2.37. The number of fused-ring (bicyclic) bond motifs is 1. The lowest BCUT2D eigenvalue weighted by atomic mass is 9.76. The molecule has 114 valence electrons. The molecule has 1 aromatic carbocycles. The number of hydrogen-bond donors (Lipinski definition) is 2. The number of carbonyl (C=O) groups is 1. The van der Waals surface area contributed by atoms with Crippen LogP contribution >= 0.6 is 0 Å². The van der Waals surface area contributed by atoms with Crippen molar-refractivity contribution in [1.82, 2.24) is 5.32 Å². The van der Waals surface area contributed by atoms with Crippen LogP contribution in [0.1, 0.15) is 12.5 Å². The summed E-state index contributed by atoms with van der Waals surface area (Å²) >= 11 is 0. The second-order valence-electron chi connectivity index (χ2n) is 5.55. The van der Waals surface area contributed by atoms with E-state index in [1.807, 2.05) is 43.4 Å². The van der Waals surface area contributed by atoms with Crippen LogP contribution in [0.3, 0.4) is 0 Å². The minimum absolute atomic E-state index is 0.232. The van der Waals surface area contributed by atoms with E-state index in [9.17, 15) is 4.79 Å². The molecule has 0 radical (unpaired) electrons. The van der Waals surface area contributed by atoms with Gasteiger partial charge in [-0.05, 0) is 42.7 Å². The topological polar surface area (TPSA) is 73.6 Å². The van der Waals surface area contributed by atoms with Gasteiger partial charge in [-0.15, -0.1) is 0 Å². The standard InChI is InChI=1S/C17H18N2O3/c1-17(16(18)20,13-4-2-3-7-19-10-13)9-12-5-6-14-15(8-12)22-11-21-14/h2-8,10,19H,9,11H2,1H3,(H2,18,20). The van der Waals surface area contributed by atoms with E-state index in [4.69, 9.17) is 15.2 Å². The van der Waals surface area contributed by atoms with Crippen LogP contribution < -0.4 is 20.5 Å². The van der Waals surface area contributed by atoms with Crippen LogP contribution in [0.15, 0.2) is 54.4 Å². The Morgan fingerprint density at radius 3 is 2.95 bits per heavy atom. The molecule has 2 aliphatic heterocycles. The Hall–Kier alpha value is -2.69. The van der Waals surface area contributed by atoms with E-state index in [1.54, 1.807) is 12.4 Å². The molecule has 0 fully saturated rings. The molecule has 1 atom stereocenters. The molecule has 0 aromatic heterocycles. The monoisotopic (exact) mass is 298 g/mol. The van der Waals surface area contributed by atoms with E-state index in [1.165, 1.54) is 0 Å². The van der Waals surface area contributed by atoms with Gasteiger partial charge in [0.1, 0.15) is 0 Å². The second kappa shape index (κ2) is 5.60. The highest BCUT2D eigenvalue weighted by atomic mass is 16.7. The van der Waals surface area contributed by atoms with Gasteiger partial charge in [0.15, 0.2) is 11.5 Å². The van der Waals surface area contributed by atoms with Gasteiger partial charge in [-0.3, -0.25) is 4.79 Å². The van der Waals surface area contributed by atoms with Gasteiger partial charge in [0, 0.05) is 12.4 Å². The zero-order valence-corrected chi connectivity index (χ0v) is 12.3. The van der Waals surface area contributed by atoms with Gasteiger partial charge < -0.3 is 20.5 Å². The summed E-state index contributed by atoms with van der Waals surface area (Å²) in [7, 11) is 0. The summed E-state index contributed by atoms with van der Waals surface area (Å²) in [4.78, 5) is 12.1. The predicted molar refractivity (Wildman–Crippen MR) is 83.1 cm³/mol. The molecular formula is C17H18N2O3. The number of primary amides is 1. The zero-order chi connectivity index (χ0) is 15.6. The number of allylic oxidation sites excluding steroid dienone is 3. The van der Waals surface area contributed by atoms with Crippen molar-refractivity contribution in [2.75, 3.05) is 6.79 Å². The van der Waals surface area contributed by atoms with Gasteiger partial charge in [-0.2, -0.15) is 0 Å². The fourth-order valence-electron chi connectivity index (χ4n) is 2.59. The third-order valence-electron chi connectivity index (χ3n) is 3.99. The number of benzene rings is 1. The Morgan fingerprint density at radius 1 is 1.32 bits per heavy atom. The Balaban J connectivity index is 1.91. The molecule has 2 aliphatic rings. The molecule has 2 heterocycles. The number of nitrogens with two attached hydrogens (primary N) is 1. The first-order chi connectivity index (χ1) is 10.6. The van der Waals surface area contributed by atoms with E-state index < -0.39 is 5.41 Å². The first-order valence-corrected chi connectivity index (χ1v) is 7.08. The SMILES string of the molecule is CC(Cc1ccc2c(c1)OCO2)(C(N)=O)C1=CNC=CC=C1. The molecule has 0 bridgehead atoms. The van der Waals surface area contributed by atoms with Crippen molar-refractivity contribution in [3.8, 4) is 11.5 Å². The van der Waals surface area contributed by atoms with Gasteiger partial charge in [0.25, 0.3) is 0 Å². The van der Waals surface area contributed by atoms with Crippen LogP contribution in [0.5, 0.6) is 11.5 Å². The third kappa shape index (κ3) is 2.57. The smallest absolute Gasteiger partial charge is 0.231 e. The Morgan fingerprint density at radius 2 is 2.14 bits per heavy atom. The molecule has 0 aliphatic carbocycles. The summed E-state index contributed by atoms with van der Waals surface area (Å²) in [5, 5.41) is 3.03. The number of rotatable bonds is 4. The van der Waals surface area contributed by atoms with Gasteiger partial charge in [0.05, 0.1) is 5.41 Å². The van der Waals surface area contributed by atoms with Crippen LogP contribution in [0.25, 0.3) is 0 Å². The van der Waals surface area contributed by atoms with Crippen LogP contribution in [0, 0.1) is 5.41 Å². The Bertz CT molecular complexity index is 691. The number of nitrogens with one attached hydrogen (secondary N) is 1. The summed E-state index contributed by atoms with van der Waals surface area (Å²) in [5.74, 6) is 1.06. The lowest BCUT2D eigenvalue weighted by Crippen LogP contribution is -2.38. The molecular weight excluding hydrogens is 280 g/mol. The number of hydrogen-bond acceptors (Lipinski definition) is 4. The summed E-state index contributed by atoms with van der Waals surface area (Å²) in [6, 6.07) is 5.69. The molecule has 3 N–H and O–H groups in total. The molecule has 5 nitrogen and oxygen atoms in total. The molecule has 0 spiro atoms. The molecule has 0 saturated heterocycles. The third-order valence-corrected chi connectivity index (χ3v) is 3.99. The minimum Gasteiger partial charge on any atom is -0.454 e. The lowest BCUT2D eigenvalue weighted by Gasteiger charge is -2.27. The average molecular weight is 298 g/mol. The van der Waals surface area contributed by atoms with Gasteiger partial charge in [0.2, 0.25) is 12.7 Å². The van der Waals surface area contributed by atoms with Crippen molar-refractivity contribution in [1.29, 1.82) is 0 Å². The maximum atomic E-state index is 12.1. The number of amides is 1. The number of carbonyl (C=O) groups excluding carboxylic acids is 1. The van der Waals surface area contributed by atoms with Crippen LogP contribution in [-0.2, 0) is 11.2 Å². The van der Waals surface area contributed by atoms with Crippen molar-refractivity contribution < 1.29 is 14.3 Å². The highest BCUT2D eigenvalue weighted by Gasteiger charge is 2.35. The van der Waals surface area contributed by atoms with Gasteiger partial charge in [-0.1, -0.05) is 18.2 Å². The van der Waals surface area contributed by atoms with Crippen LogP contribution in [0.4, 0.5) is 0 Å².